The van der Waals surface area contributed by atoms with Crippen molar-refractivity contribution in [2.45, 2.75) is 32.2 Å². The smallest absolute Gasteiger partial charge is 0.137 e. The average Bonchev–Trinajstić information content (AvgIpc) is 2.98. The molecule has 102 valence electrons. The lowest BCUT2D eigenvalue weighted by molar-refractivity contribution is 0.301. The van der Waals surface area contributed by atoms with Crippen LogP contribution in [0.3, 0.4) is 0 Å². The first-order valence-electron chi connectivity index (χ1n) is 6.99. The molecule has 0 amide bonds. The van der Waals surface area contributed by atoms with Gasteiger partial charge >= 0.3 is 0 Å². The topological polar surface area (TPSA) is 56.8 Å². The van der Waals surface area contributed by atoms with Gasteiger partial charge in [-0.25, -0.2) is 4.98 Å². The number of aromatic amines is 1. The van der Waals surface area contributed by atoms with E-state index in [1.807, 2.05) is 19.2 Å². The Morgan fingerprint density at radius 3 is 3.21 bits per heavy atom. The van der Waals surface area contributed by atoms with E-state index in [0.717, 1.165) is 35.0 Å². The molecule has 5 nitrogen and oxygen atoms in total. The van der Waals surface area contributed by atoms with Crippen molar-refractivity contribution < 1.29 is 0 Å². The Morgan fingerprint density at radius 1 is 1.53 bits per heavy atom. The summed E-state index contributed by atoms with van der Waals surface area (Å²) in [5, 5.41) is 11.9. The minimum atomic E-state index is 0.720. The predicted octanol–water partition coefficient (Wildman–Crippen LogP) is 2.16. The predicted molar refractivity (Wildman–Crippen MR) is 77.4 cm³/mol. The number of likely N-dealkylation sites (tertiary alicyclic amines) is 1. The molecule has 0 bridgehead atoms. The van der Waals surface area contributed by atoms with Crippen molar-refractivity contribution in [2.24, 2.45) is 0 Å². The van der Waals surface area contributed by atoms with Crippen LogP contribution in [0.5, 0.6) is 0 Å². The molecule has 0 spiro atoms. The first-order valence-corrected chi connectivity index (χ1v) is 6.99. The van der Waals surface area contributed by atoms with Crippen molar-refractivity contribution >= 4 is 16.7 Å². The third-order valence-electron chi connectivity index (χ3n) is 4.09. The number of hydrogen-bond acceptors (Lipinski definition) is 4. The monoisotopic (exact) mass is 259 g/mol. The molecule has 3 heterocycles. The summed E-state index contributed by atoms with van der Waals surface area (Å²) in [5.41, 5.74) is 2.05. The van der Waals surface area contributed by atoms with Crippen LogP contribution in [0.25, 0.3) is 10.9 Å². The second-order valence-corrected chi connectivity index (χ2v) is 5.39. The lowest BCUT2D eigenvalue weighted by Gasteiger charge is -2.19. The lowest BCUT2D eigenvalue weighted by atomic mass is 10.1. The number of fused-ring (bicyclic) bond motifs is 1. The van der Waals surface area contributed by atoms with Crippen LogP contribution >= 0.6 is 0 Å². The maximum Gasteiger partial charge on any atom is 0.137 e. The van der Waals surface area contributed by atoms with E-state index >= 15 is 0 Å². The number of nitrogens with zero attached hydrogens (tertiary/aromatic N) is 3. The van der Waals surface area contributed by atoms with Gasteiger partial charge in [0.15, 0.2) is 0 Å². The van der Waals surface area contributed by atoms with E-state index in [2.05, 4.69) is 32.4 Å². The average molecular weight is 259 g/mol. The van der Waals surface area contributed by atoms with Crippen molar-refractivity contribution in [2.75, 3.05) is 25.5 Å². The van der Waals surface area contributed by atoms with Gasteiger partial charge in [-0.2, -0.15) is 5.10 Å². The van der Waals surface area contributed by atoms with E-state index in [-0.39, 0.29) is 0 Å². The van der Waals surface area contributed by atoms with Crippen molar-refractivity contribution in [1.29, 1.82) is 0 Å². The van der Waals surface area contributed by atoms with Crippen LogP contribution in [0, 0.1) is 6.92 Å². The summed E-state index contributed by atoms with van der Waals surface area (Å²) in [6.45, 7) is 4.23. The zero-order valence-electron chi connectivity index (χ0n) is 11.6. The number of rotatable bonds is 4. The molecule has 1 aliphatic rings. The summed E-state index contributed by atoms with van der Waals surface area (Å²) in [6.07, 6.45) is 5.63. The van der Waals surface area contributed by atoms with Crippen molar-refractivity contribution in [3.8, 4) is 0 Å². The summed E-state index contributed by atoms with van der Waals surface area (Å²) in [4.78, 5) is 6.90. The quantitative estimate of drug-likeness (QED) is 0.883. The Kier molecular flexibility index (Phi) is 3.38. The standard InChI is InChI=1S/C14H21N5/c1-10-13-12(18-17-10)6-8-16-14(13)15-7-5-11-4-3-9-19(11)2/h6,8,11H,3-5,7,9H2,1-2H3,(H,15,16)(H,17,18). The highest BCUT2D eigenvalue weighted by Gasteiger charge is 2.20. The SMILES string of the molecule is Cc1[nH]nc2ccnc(NCCC3CCCN3C)c12. The molecule has 2 aromatic rings. The second-order valence-electron chi connectivity index (χ2n) is 5.39. The first-order chi connectivity index (χ1) is 9.25. The zero-order valence-corrected chi connectivity index (χ0v) is 11.6. The van der Waals surface area contributed by atoms with E-state index in [1.165, 1.54) is 25.8 Å². The summed E-state index contributed by atoms with van der Waals surface area (Å²) in [5.74, 6) is 0.949. The van der Waals surface area contributed by atoms with Crippen LogP contribution in [-0.4, -0.2) is 46.3 Å². The summed E-state index contributed by atoms with van der Waals surface area (Å²) in [7, 11) is 2.22. The van der Waals surface area contributed by atoms with Crippen LogP contribution in [-0.2, 0) is 0 Å². The summed E-state index contributed by atoms with van der Waals surface area (Å²) < 4.78 is 0. The molecule has 2 aromatic heterocycles. The molecule has 3 rings (SSSR count). The van der Waals surface area contributed by atoms with E-state index in [4.69, 9.17) is 0 Å². The molecule has 0 aromatic carbocycles. The Labute approximate surface area is 113 Å². The molecular weight excluding hydrogens is 238 g/mol. The minimum Gasteiger partial charge on any atom is -0.369 e. The molecule has 1 saturated heterocycles. The lowest BCUT2D eigenvalue weighted by Crippen LogP contribution is -2.27. The van der Waals surface area contributed by atoms with Crippen LogP contribution in [0.15, 0.2) is 12.3 Å². The second kappa shape index (κ2) is 5.17. The molecule has 0 radical (unpaired) electrons. The normalized spacial score (nSPS) is 20.2. The molecule has 1 atom stereocenters. The van der Waals surface area contributed by atoms with Crippen molar-refractivity contribution in [3.05, 3.63) is 18.0 Å². The van der Waals surface area contributed by atoms with Crippen molar-refractivity contribution in [3.63, 3.8) is 0 Å². The molecule has 0 saturated carbocycles. The van der Waals surface area contributed by atoms with Gasteiger partial charge in [-0.1, -0.05) is 0 Å². The molecule has 1 aliphatic heterocycles. The Hall–Kier alpha value is -1.62. The van der Waals surface area contributed by atoms with Gasteiger partial charge in [0.1, 0.15) is 5.82 Å². The summed E-state index contributed by atoms with van der Waals surface area (Å²) >= 11 is 0. The fraction of sp³-hybridized carbons (Fsp3) is 0.571. The van der Waals surface area contributed by atoms with Gasteiger partial charge in [0, 0.05) is 24.5 Å². The molecule has 19 heavy (non-hydrogen) atoms. The van der Waals surface area contributed by atoms with Gasteiger partial charge in [0.2, 0.25) is 0 Å². The Balaban J connectivity index is 1.67. The number of hydrogen-bond donors (Lipinski definition) is 2. The Morgan fingerprint density at radius 2 is 2.42 bits per heavy atom. The van der Waals surface area contributed by atoms with Crippen LogP contribution in [0.1, 0.15) is 25.0 Å². The largest absolute Gasteiger partial charge is 0.369 e. The summed E-state index contributed by atoms with van der Waals surface area (Å²) in [6, 6.07) is 2.66. The fourth-order valence-electron chi connectivity index (χ4n) is 2.95. The molecule has 5 heteroatoms. The maximum absolute atomic E-state index is 4.44. The minimum absolute atomic E-state index is 0.720. The van der Waals surface area contributed by atoms with E-state index in [1.54, 1.807) is 0 Å². The number of H-pyrrole nitrogens is 1. The molecule has 1 unspecified atom stereocenters. The molecule has 2 N–H and O–H groups in total. The van der Waals surface area contributed by atoms with Gasteiger partial charge in [-0.3, -0.25) is 5.10 Å². The van der Waals surface area contributed by atoms with Gasteiger partial charge < -0.3 is 10.2 Å². The maximum atomic E-state index is 4.44. The third kappa shape index (κ3) is 2.42. The van der Waals surface area contributed by atoms with Crippen LogP contribution in [0.4, 0.5) is 5.82 Å². The molecule has 1 fully saturated rings. The highest BCUT2D eigenvalue weighted by molar-refractivity contribution is 5.91. The van der Waals surface area contributed by atoms with Gasteiger partial charge in [-0.15, -0.1) is 0 Å². The van der Waals surface area contributed by atoms with E-state index < -0.39 is 0 Å². The first kappa shape index (κ1) is 12.4. The fourth-order valence-corrected chi connectivity index (χ4v) is 2.95. The highest BCUT2D eigenvalue weighted by Crippen LogP contribution is 2.23. The number of aryl methyl sites for hydroxylation is 1. The van der Waals surface area contributed by atoms with Crippen molar-refractivity contribution in [1.82, 2.24) is 20.1 Å². The Bertz CT molecular complexity index is 562. The number of pyridine rings is 1. The van der Waals surface area contributed by atoms with E-state index in [0.29, 0.717) is 0 Å². The number of aromatic nitrogens is 3. The van der Waals surface area contributed by atoms with E-state index in [9.17, 15) is 0 Å². The van der Waals surface area contributed by atoms with Crippen LogP contribution < -0.4 is 5.32 Å². The molecular formula is C14H21N5. The van der Waals surface area contributed by atoms with Gasteiger partial charge in [0.25, 0.3) is 0 Å². The number of nitrogens with one attached hydrogen (secondary N) is 2. The zero-order chi connectivity index (χ0) is 13.2. The van der Waals surface area contributed by atoms with Crippen LogP contribution in [0.2, 0.25) is 0 Å². The highest BCUT2D eigenvalue weighted by atomic mass is 15.2. The third-order valence-corrected chi connectivity index (χ3v) is 4.09. The van der Waals surface area contributed by atoms with Gasteiger partial charge in [0.05, 0.1) is 10.9 Å². The van der Waals surface area contributed by atoms with Gasteiger partial charge in [-0.05, 0) is 45.8 Å². The number of anilines is 1. The molecule has 0 aliphatic carbocycles.